The van der Waals surface area contributed by atoms with E-state index in [2.05, 4.69) is 34.5 Å². The van der Waals surface area contributed by atoms with E-state index in [0.29, 0.717) is 6.04 Å². The van der Waals surface area contributed by atoms with Crippen molar-refractivity contribution in [1.82, 2.24) is 15.5 Å². The van der Waals surface area contributed by atoms with Crippen molar-refractivity contribution in [3.8, 4) is 0 Å². The van der Waals surface area contributed by atoms with E-state index in [4.69, 9.17) is 4.74 Å². The fourth-order valence-corrected chi connectivity index (χ4v) is 2.13. The molecule has 1 atom stereocenters. The molecule has 0 aromatic heterocycles. The normalized spacial score (nSPS) is 21.3. The van der Waals surface area contributed by atoms with Gasteiger partial charge in [-0.15, -0.1) is 0 Å². The van der Waals surface area contributed by atoms with E-state index in [1.807, 2.05) is 6.92 Å². The second kappa shape index (κ2) is 9.16. The van der Waals surface area contributed by atoms with Crippen molar-refractivity contribution < 1.29 is 4.74 Å². The number of rotatable bonds is 7. The van der Waals surface area contributed by atoms with Crippen LogP contribution in [-0.4, -0.2) is 63.3 Å². The van der Waals surface area contributed by atoms with Crippen molar-refractivity contribution in [2.45, 2.75) is 32.7 Å². The van der Waals surface area contributed by atoms with Gasteiger partial charge in [0.1, 0.15) is 0 Å². The molecule has 106 valence electrons. The van der Waals surface area contributed by atoms with E-state index in [-0.39, 0.29) is 0 Å². The molecule has 0 saturated carbocycles. The van der Waals surface area contributed by atoms with Crippen LogP contribution in [0, 0.1) is 0 Å². The highest BCUT2D eigenvalue weighted by molar-refractivity contribution is 5.79. The lowest BCUT2D eigenvalue weighted by Gasteiger charge is -2.18. The van der Waals surface area contributed by atoms with Crippen LogP contribution in [0.1, 0.15) is 26.7 Å². The van der Waals surface area contributed by atoms with Gasteiger partial charge in [0, 0.05) is 25.7 Å². The molecule has 1 unspecified atom stereocenters. The van der Waals surface area contributed by atoms with E-state index in [1.165, 1.54) is 19.4 Å². The summed E-state index contributed by atoms with van der Waals surface area (Å²) in [4.78, 5) is 7.04. The third-order valence-electron chi connectivity index (χ3n) is 3.22. The van der Waals surface area contributed by atoms with Gasteiger partial charge in [-0.1, -0.05) is 0 Å². The van der Waals surface area contributed by atoms with Crippen LogP contribution in [0.3, 0.4) is 0 Å². The number of ether oxygens (including phenoxy) is 1. The molecule has 1 saturated heterocycles. The molecule has 1 heterocycles. The fraction of sp³-hybridized carbons (Fsp3) is 0.923. The van der Waals surface area contributed by atoms with Crippen molar-refractivity contribution in [2.75, 3.05) is 46.4 Å². The molecule has 0 aromatic rings. The highest BCUT2D eigenvalue weighted by Gasteiger charge is 2.20. The lowest BCUT2D eigenvalue weighted by atomic mass is 10.2. The Balaban J connectivity index is 2.29. The number of guanidine groups is 1. The van der Waals surface area contributed by atoms with Gasteiger partial charge >= 0.3 is 0 Å². The summed E-state index contributed by atoms with van der Waals surface area (Å²) >= 11 is 0. The molecule has 1 aliphatic rings. The summed E-state index contributed by atoms with van der Waals surface area (Å²) in [5.41, 5.74) is 0. The van der Waals surface area contributed by atoms with Crippen molar-refractivity contribution in [3.05, 3.63) is 0 Å². The summed E-state index contributed by atoms with van der Waals surface area (Å²) in [5.74, 6) is 0.900. The van der Waals surface area contributed by atoms with Crippen molar-refractivity contribution >= 4 is 5.96 Å². The van der Waals surface area contributed by atoms with Crippen LogP contribution in [0.2, 0.25) is 0 Å². The average Bonchev–Trinajstić information content (AvgIpc) is 2.77. The maximum absolute atomic E-state index is 5.30. The maximum atomic E-state index is 5.30. The molecule has 2 N–H and O–H groups in total. The summed E-state index contributed by atoms with van der Waals surface area (Å²) in [6, 6.07) is 0.604. The van der Waals surface area contributed by atoms with Crippen LogP contribution in [-0.2, 0) is 4.74 Å². The minimum atomic E-state index is 0.604. The van der Waals surface area contributed by atoms with Crippen molar-refractivity contribution in [1.29, 1.82) is 0 Å². The Morgan fingerprint density at radius 3 is 2.83 bits per heavy atom. The van der Waals surface area contributed by atoms with Gasteiger partial charge in [-0.25, -0.2) is 0 Å². The second-order valence-electron chi connectivity index (χ2n) is 4.62. The summed E-state index contributed by atoms with van der Waals surface area (Å²) in [6.45, 7) is 9.36. The number of aliphatic imine (C=N–C) groups is 1. The smallest absolute Gasteiger partial charge is 0.191 e. The minimum absolute atomic E-state index is 0.604. The number of likely N-dealkylation sites (N-methyl/N-ethyl adjacent to an activating group) is 1. The zero-order valence-corrected chi connectivity index (χ0v) is 12.0. The Morgan fingerprint density at radius 1 is 1.39 bits per heavy atom. The lowest BCUT2D eigenvalue weighted by molar-refractivity contribution is 0.152. The Hall–Kier alpha value is -0.810. The first-order valence-electron chi connectivity index (χ1n) is 7.08. The van der Waals surface area contributed by atoms with Gasteiger partial charge in [0.15, 0.2) is 5.96 Å². The van der Waals surface area contributed by atoms with Gasteiger partial charge < -0.3 is 20.3 Å². The minimum Gasteiger partial charge on any atom is -0.380 e. The van der Waals surface area contributed by atoms with E-state index in [9.17, 15) is 0 Å². The third kappa shape index (κ3) is 5.69. The third-order valence-corrected chi connectivity index (χ3v) is 3.22. The van der Waals surface area contributed by atoms with Gasteiger partial charge in [0.05, 0.1) is 13.2 Å². The fourth-order valence-electron chi connectivity index (χ4n) is 2.13. The summed E-state index contributed by atoms with van der Waals surface area (Å²) in [6.07, 6.45) is 2.56. The van der Waals surface area contributed by atoms with Crippen LogP contribution >= 0.6 is 0 Å². The van der Waals surface area contributed by atoms with Gasteiger partial charge in [-0.2, -0.15) is 0 Å². The van der Waals surface area contributed by atoms with E-state index in [0.717, 1.165) is 38.8 Å². The molecule has 1 fully saturated rings. The number of hydrogen-bond acceptors (Lipinski definition) is 3. The highest BCUT2D eigenvalue weighted by atomic mass is 16.5. The van der Waals surface area contributed by atoms with Crippen molar-refractivity contribution in [3.63, 3.8) is 0 Å². The molecular weight excluding hydrogens is 228 g/mol. The molecule has 18 heavy (non-hydrogen) atoms. The molecule has 0 amide bonds. The van der Waals surface area contributed by atoms with Gasteiger partial charge in [0.25, 0.3) is 0 Å². The molecule has 0 aromatic carbocycles. The molecule has 0 spiro atoms. The van der Waals surface area contributed by atoms with Gasteiger partial charge in [-0.3, -0.25) is 4.99 Å². The van der Waals surface area contributed by atoms with E-state index in [1.54, 1.807) is 0 Å². The second-order valence-corrected chi connectivity index (χ2v) is 4.62. The predicted molar refractivity (Wildman–Crippen MR) is 76.1 cm³/mol. The zero-order chi connectivity index (χ0) is 13.2. The highest BCUT2D eigenvalue weighted by Crippen LogP contribution is 2.14. The number of nitrogens with zero attached hydrogens (tertiary/aromatic N) is 2. The van der Waals surface area contributed by atoms with E-state index < -0.39 is 0 Å². The lowest BCUT2D eigenvalue weighted by Crippen LogP contribution is -2.40. The topological polar surface area (TPSA) is 48.9 Å². The van der Waals surface area contributed by atoms with Crippen LogP contribution < -0.4 is 10.6 Å². The van der Waals surface area contributed by atoms with Crippen LogP contribution in [0.5, 0.6) is 0 Å². The summed E-state index contributed by atoms with van der Waals surface area (Å²) < 4.78 is 5.30. The quantitative estimate of drug-likeness (QED) is 0.399. The first-order valence-corrected chi connectivity index (χ1v) is 7.08. The summed E-state index contributed by atoms with van der Waals surface area (Å²) in [5, 5.41) is 6.55. The average molecular weight is 256 g/mol. The maximum Gasteiger partial charge on any atom is 0.191 e. The molecule has 0 aliphatic carbocycles. The molecule has 0 bridgehead atoms. The Labute approximate surface area is 111 Å². The zero-order valence-electron chi connectivity index (χ0n) is 12.0. The van der Waals surface area contributed by atoms with E-state index >= 15 is 0 Å². The number of hydrogen-bond donors (Lipinski definition) is 2. The number of nitrogens with one attached hydrogen (secondary N) is 2. The van der Waals surface area contributed by atoms with Crippen LogP contribution in [0.4, 0.5) is 0 Å². The predicted octanol–water partition coefficient (Wildman–Crippen LogP) is 0.672. The van der Waals surface area contributed by atoms with Gasteiger partial charge in [0.2, 0.25) is 0 Å². The summed E-state index contributed by atoms with van der Waals surface area (Å²) in [7, 11) is 2.18. The Bertz CT molecular complexity index is 245. The molecular formula is C13H28N4O. The first kappa shape index (κ1) is 15.2. The van der Waals surface area contributed by atoms with Gasteiger partial charge in [-0.05, 0) is 40.3 Å². The molecule has 5 heteroatoms. The molecule has 1 aliphatic heterocycles. The Kier molecular flexibility index (Phi) is 7.76. The standard InChI is InChI=1S/C13H28N4O/c1-4-14-13(15-8-10-18-5-2)16-11-12-7-6-9-17(12)3/h12H,4-11H2,1-3H3,(H2,14,15,16). The molecule has 5 nitrogen and oxygen atoms in total. The monoisotopic (exact) mass is 256 g/mol. The number of likely N-dealkylation sites (tertiary alicyclic amines) is 1. The van der Waals surface area contributed by atoms with Crippen LogP contribution in [0.15, 0.2) is 4.99 Å². The first-order chi connectivity index (χ1) is 8.77. The Morgan fingerprint density at radius 2 is 2.22 bits per heavy atom. The largest absolute Gasteiger partial charge is 0.380 e. The SMILES string of the molecule is CCNC(=NCC1CCCN1C)NCCOCC. The van der Waals surface area contributed by atoms with Crippen molar-refractivity contribution in [2.24, 2.45) is 4.99 Å². The van der Waals surface area contributed by atoms with Crippen LogP contribution in [0.25, 0.3) is 0 Å². The molecule has 1 rings (SSSR count). The molecule has 0 radical (unpaired) electrons.